The van der Waals surface area contributed by atoms with Gasteiger partial charge in [-0.05, 0) is 43.1 Å². The summed E-state index contributed by atoms with van der Waals surface area (Å²) in [5.41, 5.74) is 3.02. The van der Waals surface area contributed by atoms with Crippen LogP contribution in [0.5, 0.6) is 5.75 Å². The standard InChI is InChI=1S/C29H36F3N7O3S/c1-18-14-22(25(42-4)16-24(18)39-12-10-37(2)11-13-39)35-28-33-17-21(29(30,31)32)27(36-28)34-23-15-19-8-6-7-9-20(19)26(23)38(3)43(5,40)41/h6-9,14,16-17,23,26H,10-13,15H2,1-5H3,(H2,33,34,35,36). The number of aryl methyl sites for hydroxylation is 1. The normalized spacial score (nSPS) is 19.4. The molecule has 232 valence electrons. The SMILES string of the molecule is COc1cc(N2CCN(C)CC2)c(C)cc1Nc1ncc(C(F)(F)F)c(NC2Cc3ccccc3C2N(C)S(C)(=O)=O)n1. The maximum absolute atomic E-state index is 14.1. The molecule has 0 radical (unpaired) electrons. The van der Waals surface area contributed by atoms with E-state index in [0.29, 0.717) is 17.9 Å². The summed E-state index contributed by atoms with van der Waals surface area (Å²) in [4.78, 5) is 12.8. The van der Waals surface area contributed by atoms with Crippen molar-refractivity contribution in [2.45, 2.75) is 31.6 Å². The zero-order valence-corrected chi connectivity index (χ0v) is 25.6. The zero-order chi connectivity index (χ0) is 31.1. The predicted molar refractivity (Wildman–Crippen MR) is 161 cm³/mol. The maximum atomic E-state index is 14.1. The molecule has 1 saturated heterocycles. The minimum absolute atomic E-state index is 0.0657. The molecule has 1 fully saturated rings. The average Bonchev–Trinajstić information content (AvgIpc) is 3.30. The lowest BCUT2D eigenvalue weighted by atomic mass is 10.1. The van der Waals surface area contributed by atoms with Crippen LogP contribution in [-0.2, 0) is 22.6 Å². The molecular formula is C29H36F3N7O3S. The van der Waals surface area contributed by atoms with Crippen molar-refractivity contribution in [3.63, 3.8) is 0 Å². The second-order valence-corrected chi connectivity index (χ2v) is 13.1. The van der Waals surface area contributed by atoms with E-state index in [1.807, 2.05) is 31.2 Å². The van der Waals surface area contributed by atoms with Crippen LogP contribution in [0.3, 0.4) is 0 Å². The van der Waals surface area contributed by atoms with E-state index < -0.39 is 39.7 Å². The van der Waals surface area contributed by atoms with Gasteiger partial charge in [0.25, 0.3) is 0 Å². The van der Waals surface area contributed by atoms with Crippen molar-refractivity contribution in [2.75, 3.05) is 69.2 Å². The summed E-state index contributed by atoms with van der Waals surface area (Å²) in [6, 6.07) is 9.57. The highest BCUT2D eigenvalue weighted by atomic mass is 32.2. The Hall–Kier alpha value is -3.62. The van der Waals surface area contributed by atoms with Crippen LogP contribution >= 0.6 is 0 Å². The summed E-state index contributed by atoms with van der Waals surface area (Å²) in [6.07, 6.45) is -2.63. The van der Waals surface area contributed by atoms with Gasteiger partial charge in [0, 0.05) is 51.2 Å². The second kappa shape index (κ2) is 11.8. The number of anilines is 4. The van der Waals surface area contributed by atoms with Crippen molar-refractivity contribution < 1.29 is 26.3 Å². The van der Waals surface area contributed by atoms with Crippen LogP contribution < -0.4 is 20.3 Å². The van der Waals surface area contributed by atoms with Gasteiger partial charge in [-0.3, -0.25) is 0 Å². The fraction of sp³-hybridized carbons (Fsp3) is 0.448. The Balaban J connectivity index is 1.47. The summed E-state index contributed by atoms with van der Waals surface area (Å²) in [6.45, 7) is 5.57. The third-order valence-electron chi connectivity index (χ3n) is 8.13. The average molecular weight is 620 g/mol. The monoisotopic (exact) mass is 619 g/mol. The fourth-order valence-corrected chi connectivity index (χ4v) is 6.42. The van der Waals surface area contributed by atoms with E-state index in [2.05, 4.69) is 37.4 Å². The van der Waals surface area contributed by atoms with Gasteiger partial charge in [0.15, 0.2) is 0 Å². The Morgan fingerprint density at radius 2 is 1.81 bits per heavy atom. The summed E-state index contributed by atoms with van der Waals surface area (Å²) < 4.78 is 74.2. The van der Waals surface area contributed by atoms with E-state index in [1.54, 1.807) is 12.1 Å². The van der Waals surface area contributed by atoms with Gasteiger partial charge in [-0.15, -0.1) is 0 Å². The number of methoxy groups -OCH3 is 1. The van der Waals surface area contributed by atoms with Gasteiger partial charge in [-0.1, -0.05) is 24.3 Å². The first kappa shape index (κ1) is 30.8. The lowest BCUT2D eigenvalue weighted by Gasteiger charge is -2.35. The molecule has 2 N–H and O–H groups in total. The van der Waals surface area contributed by atoms with Crippen LogP contribution in [0.2, 0.25) is 0 Å². The lowest BCUT2D eigenvalue weighted by Crippen LogP contribution is -2.44. The third-order valence-corrected chi connectivity index (χ3v) is 9.41. The number of fused-ring (bicyclic) bond motifs is 1. The molecular weight excluding hydrogens is 583 g/mol. The second-order valence-electron chi connectivity index (χ2n) is 11.1. The summed E-state index contributed by atoms with van der Waals surface area (Å²) in [7, 11) is 1.38. The maximum Gasteiger partial charge on any atom is 0.421 e. The molecule has 0 spiro atoms. The molecule has 2 aromatic carbocycles. The highest BCUT2D eigenvalue weighted by Gasteiger charge is 2.41. The van der Waals surface area contributed by atoms with E-state index in [-0.39, 0.29) is 5.95 Å². The number of rotatable bonds is 8. The van der Waals surface area contributed by atoms with Crippen LogP contribution in [0.4, 0.5) is 36.3 Å². The highest BCUT2D eigenvalue weighted by Crippen LogP contribution is 2.41. The van der Waals surface area contributed by atoms with Gasteiger partial charge in [-0.25, -0.2) is 13.4 Å². The Kier molecular flexibility index (Phi) is 8.47. The Morgan fingerprint density at radius 3 is 2.47 bits per heavy atom. The number of nitrogens with zero attached hydrogens (tertiary/aromatic N) is 5. The lowest BCUT2D eigenvalue weighted by molar-refractivity contribution is -0.137. The van der Waals surface area contributed by atoms with Crippen molar-refractivity contribution >= 4 is 33.2 Å². The number of hydrogen-bond donors (Lipinski definition) is 2. The first-order valence-electron chi connectivity index (χ1n) is 13.9. The molecule has 2 unspecified atom stereocenters. The summed E-state index contributed by atoms with van der Waals surface area (Å²) in [5.74, 6) is -0.0119. The molecule has 1 aliphatic carbocycles. The van der Waals surface area contributed by atoms with Crippen molar-refractivity contribution in [2.24, 2.45) is 0 Å². The van der Waals surface area contributed by atoms with Crippen LogP contribution in [0.1, 0.15) is 28.3 Å². The highest BCUT2D eigenvalue weighted by molar-refractivity contribution is 7.88. The van der Waals surface area contributed by atoms with Gasteiger partial charge in [0.2, 0.25) is 16.0 Å². The van der Waals surface area contributed by atoms with Crippen molar-refractivity contribution in [1.82, 2.24) is 19.2 Å². The van der Waals surface area contributed by atoms with Crippen LogP contribution in [0.15, 0.2) is 42.6 Å². The number of nitrogens with one attached hydrogen (secondary N) is 2. The minimum Gasteiger partial charge on any atom is -0.494 e. The Morgan fingerprint density at radius 1 is 1.12 bits per heavy atom. The molecule has 14 heteroatoms. The predicted octanol–water partition coefficient (Wildman–Crippen LogP) is 4.28. The van der Waals surface area contributed by atoms with Crippen molar-refractivity contribution in [3.05, 3.63) is 64.8 Å². The Labute approximate surface area is 249 Å². The van der Waals surface area contributed by atoms with Gasteiger partial charge in [0.1, 0.15) is 17.1 Å². The number of likely N-dealkylation sites (N-methyl/N-ethyl adjacent to an activating group) is 2. The third kappa shape index (κ3) is 6.50. The molecule has 2 heterocycles. The molecule has 43 heavy (non-hydrogen) atoms. The molecule has 1 aliphatic heterocycles. The molecule has 2 aliphatic rings. The van der Waals surface area contributed by atoms with Gasteiger partial charge < -0.3 is 25.2 Å². The van der Waals surface area contributed by atoms with Crippen molar-refractivity contribution in [1.29, 1.82) is 0 Å². The number of hydrogen-bond acceptors (Lipinski definition) is 9. The minimum atomic E-state index is -4.75. The van der Waals surface area contributed by atoms with E-state index in [4.69, 9.17) is 4.74 Å². The van der Waals surface area contributed by atoms with Gasteiger partial charge in [-0.2, -0.15) is 22.5 Å². The first-order chi connectivity index (χ1) is 20.3. The van der Waals surface area contributed by atoms with E-state index in [1.165, 1.54) is 18.5 Å². The summed E-state index contributed by atoms with van der Waals surface area (Å²) >= 11 is 0. The number of halogens is 3. The van der Waals surface area contributed by atoms with E-state index in [0.717, 1.165) is 61.0 Å². The number of benzene rings is 2. The number of alkyl halides is 3. The van der Waals surface area contributed by atoms with Crippen LogP contribution in [-0.4, -0.2) is 87.3 Å². The number of aromatic nitrogens is 2. The molecule has 2 atom stereocenters. The van der Waals surface area contributed by atoms with E-state index >= 15 is 0 Å². The quantitative estimate of drug-likeness (QED) is 0.383. The van der Waals surface area contributed by atoms with Crippen LogP contribution in [0.25, 0.3) is 0 Å². The molecule has 5 rings (SSSR count). The topological polar surface area (TPSA) is 103 Å². The largest absolute Gasteiger partial charge is 0.494 e. The molecule has 0 saturated carbocycles. The molecule has 3 aromatic rings. The molecule has 0 amide bonds. The number of piperazine rings is 1. The summed E-state index contributed by atoms with van der Waals surface area (Å²) in [5, 5.41) is 5.96. The number of sulfonamides is 1. The first-order valence-corrected chi connectivity index (χ1v) is 15.7. The van der Waals surface area contributed by atoms with Gasteiger partial charge >= 0.3 is 6.18 Å². The molecule has 0 bridgehead atoms. The smallest absolute Gasteiger partial charge is 0.421 e. The fourth-order valence-electron chi connectivity index (χ4n) is 5.75. The van der Waals surface area contributed by atoms with E-state index in [9.17, 15) is 21.6 Å². The van der Waals surface area contributed by atoms with Gasteiger partial charge in [0.05, 0.1) is 31.1 Å². The van der Waals surface area contributed by atoms with Crippen molar-refractivity contribution in [3.8, 4) is 5.75 Å². The zero-order valence-electron chi connectivity index (χ0n) is 24.7. The molecule has 10 nitrogen and oxygen atoms in total. The number of ether oxygens (including phenoxy) is 1. The Bertz CT molecular complexity index is 1590. The molecule has 1 aromatic heterocycles. The van der Waals surface area contributed by atoms with Crippen LogP contribution in [0, 0.1) is 6.92 Å².